The number of phenolic OH excluding ortho intramolecular Hbond substituents is 1. The zero-order valence-electron chi connectivity index (χ0n) is 10.5. The Morgan fingerprint density at radius 3 is 2.42 bits per heavy atom. The first-order valence-corrected chi connectivity index (χ1v) is 6.75. The monoisotopic (exact) mass is 274 g/mol. The molecule has 2 aromatic carbocycles. The second-order valence-electron chi connectivity index (χ2n) is 4.09. The highest BCUT2D eigenvalue weighted by atomic mass is 32.2. The first kappa shape index (κ1) is 13.5. The molecule has 0 unspecified atom stereocenters. The zero-order valence-corrected chi connectivity index (χ0v) is 11.3. The fourth-order valence-electron chi connectivity index (χ4n) is 1.69. The predicted molar refractivity (Wildman–Crippen MR) is 75.0 cm³/mol. The Balaban J connectivity index is 2.29. The van der Waals surface area contributed by atoms with Crippen LogP contribution in [0, 0.1) is 0 Å². The standard InChI is InChI=1S/C15H14O3S/c1-2-10-3-6-12(7-4-10)19-14-8-5-11(16)9-13(14)15(17)18/h3-9,16H,2H2,1H3,(H,17,18). The Labute approximate surface area is 115 Å². The lowest BCUT2D eigenvalue weighted by Crippen LogP contribution is -1.98. The van der Waals surface area contributed by atoms with Crippen LogP contribution in [0.1, 0.15) is 22.8 Å². The maximum Gasteiger partial charge on any atom is 0.336 e. The molecule has 0 aliphatic rings. The minimum Gasteiger partial charge on any atom is -0.508 e. The number of phenols is 1. The highest BCUT2D eigenvalue weighted by molar-refractivity contribution is 7.99. The Morgan fingerprint density at radius 1 is 1.16 bits per heavy atom. The summed E-state index contributed by atoms with van der Waals surface area (Å²) in [5.41, 5.74) is 1.36. The van der Waals surface area contributed by atoms with Gasteiger partial charge in [-0.05, 0) is 42.3 Å². The van der Waals surface area contributed by atoms with Crippen molar-refractivity contribution in [3.8, 4) is 5.75 Å². The summed E-state index contributed by atoms with van der Waals surface area (Å²) >= 11 is 1.38. The molecule has 0 atom stereocenters. The second-order valence-corrected chi connectivity index (χ2v) is 5.20. The maximum absolute atomic E-state index is 11.1. The van der Waals surface area contributed by atoms with E-state index in [2.05, 4.69) is 6.92 Å². The average Bonchev–Trinajstić information content (AvgIpc) is 2.41. The van der Waals surface area contributed by atoms with E-state index in [1.807, 2.05) is 24.3 Å². The van der Waals surface area contributed by atoms with Gasteiger partial charge in [0.1, 0.15) is 5.75 Å². The van der Waals surface area contributed by atoms with E-state index in [1.165, 1.54) is 29.5 Å². The molecule has 0 spiro atoms. The Kier molecular flexibility index (Phi) is 4.12. The molecular formula is C15H14O3S. The minimum absolute atomic E-state index is 0.0388. The van der Waals surface area contributed by atoms with Gasteiger partial charge in [-0.1, -0.05) is 30.8 Å². The number of carboxylic acid groups (broad SMARTS) is 1. The summed E-state index contributed by atoms with van der Waals surface area (Å²) in [6, 6.07) is 12.4. The van der Waals surface area contributed by atoms with Gasteiger partial charge in [0, 0.05) is 9.79 Å². The third-order valence-electron chi connectivity index (χ3n) is 2.75. The van der Waals surface area contributed by atoms with Crippen molar-refractivity contribution in [3.63, 3.8) is 0 Å². The van der Waals surface area contributed by atoms with Gasteiger partial charge >= 0.3 is 5.97 Å². The molecule has 2 N–H and O–H groups in total. The SMILES string of the molecule is CCc1ccc(Sc2ccc(O)cc2C(=O)O)cc1. The van der Waals surface area contributed by atoms with Gasteiger partial charge < -0.3 is 10.2 Å². The first-order valence-electron chi connectivity index (χ1n) is 5.93. The second kappa shape index (κ2) is 5.80. The van der Waals surface area contributed by atoms with Crippen molar-refractivity contribution in [2.45, 2.75) is 23.1 Å². The van der Waals surface area contributed by atoms with E-state index in [0.717, 1.165) is 11.3 Å². The van der Waals surface area contributed by atoms with Crippen molar-refractivity contribution in [2.24, 2.45) is 0 Å². The van der Waals surface area contributed by atoms with E-state index in [1.54, 1.807) is 6.07 Å². The molecular weight excluding hydrogens is 260 g/mol. The molecule has 2 aromatic rings. The summed E-state index contributed by atoms with van der Waals surface area (Å²) in [4.78, 5) is 12.7. The lowest BCUT2D eigenvalue weighted by atomic mass is 10.2. The molecule has 0 fully saturated rings. The summed E-state index contributed by atoms with van der Waals surface area (Å²) in [6.07, 6.45) is 0.977. The van der Waals surface area contributed by atoms with Crippen LogP contribution < -0.4 is 0 Å². The van der Waals surface area contributed by atoms with Crippen molar-refractivity contribution in [1.29, 1.82) is 0 Å². The van der Waals surface area contributed by atoms with Crippen molar-refractivity contribution in [3.05, 3.63) is 53.6 Å². The number of hydrogen-bond donors (Lipinski definition) is 2. The van der Waals surface area contributed by atoms with Gasteiger partial charge in [0.15, 0.2) is 0 Å². The van der Waals surface area contributed by atoms with Gasteiger partial charge in [-0.15, -0.1) is 0 Å². The number of carboxylic acids is 1. The molecule has 0 amide bonds. The Bertz CT molecular complexity index is 591. The summed E-state index contributed by atoms with van der Waals surface area (Å²) in [7, 11) is 0. The molecule has 0 aliphatic carbocycles. The molecule has 4 heteroatoms. The summed E-state index contributed by atoms with van der Waals surface area (Å²) in [5, 5.41) is 18.5. The number of carbonyl (C=O) groups is 1. The zero-order chi connectivity index (χ0) is 13.8. The van der Waals surface area contributed by atoms with Crippen LogP contribution in [0.5, 0.6) is 5.75 Å². The highest BCUT2D eigenvalue weighted by Gasteiger charge is 2.12. The van der Waals surface area contributed by atoms with Crippen LogP contribution in [0.25, 0.3) is 0 Å². The van der Waals surface area contributed by atoms with Gasteiger partial charge in [-0.3, -0.25) is 0 Å². The number of aryl methyl sites for hydroxylation is 1. The largest absolute Gasteiger partial charge is 0.508 e. The van der Waals surface area contributed by atoms with Crippen LogP contribution in [0.4, 0.5) is 0 Å². The van der Waals surface area contributed by atoms with Gasteiger partial charge in [0.25, 0.3) is 0 Å². The van der Waals surface area contributed by atoms with Crippen molar-refractivity contribution in [1.82, 2.24) is 0 Å². The van der Waals surface area contributed by atoms with E-state index in [-0.39, 0.29) is 11.3 Å². The van der Waals surface area contributed by atoms with E-state index < -0.39 is 5.97 Å². The molecule has 3 nitrogen and oxygen atoms in total. The molecule has 0 aromatic heterocycles. The molecule has 0 radical (unpaired) electrons. The fraction of sp³-hybridized carbons (Fsp3) is 0.133. The summed E-state index contributed by atoms with van der Waals surface area (Å²) < 4.78 is 0. The maximum atomic E-state index is 11.1. The van der Waals surface area contributed by atoms with Crippen molar-refractivity contribution < 1.29 is 15.0 Å². The average molecular weight is 274 g/mol. The van der Waals surface area contributed by atoms with Gasteiger partial charge in [0.2, 0.25) is 0 Å². The van der Waals surface area contributed by atoms with Crippen LogP contribution in [0.3, 0.4) is 0 Å². The Hall–Kier alpha value is -1.94. The first-order chi connectivity index (χ1) is 9.10. The topological polar surface area (TPSA) is 57.5 Å². The normalized spacial score (nSPS) is 10.4. The molecule has 0 aliphatic heterocycles. The van der Waals surface area contributed by atoms with Gasteiger partial charge in [-0.25, -0.2) is 4.79 Å². The molecule has 0 bridgehead atoms. The lowest BCUT2D eigenvalue weighted by Gasteiger charge is -2.07. The van der Waals surface area contributed by atoms with E-state index >= 15 is 0 Å². The Morgan fingerprint density at radius 2 is 1.84 bits per heavy atom. The van der Waals surface area contributed by atoms with Crippen molar-refractivity contribution >= 4 is 17.7 Å². The molecule has 0 heterocycles. The number of hydrogen-bond acceptors (Lipinski definition) is 3. The van der Waals surface area contributed by atoms with E-state index in [0.29, 0.717) is 4.90 Å². The number of rotatable bonds is 4. The summed E-state index contributed by atoms with van der Waals surface area (Å²) in [6.45, 7) is 2.09. The van der Waals surface area contributed by atoms with Crippen LogP contribution in [-0.4, -0.2) is 16.2 Å². The van der Waals surface area contributed by atoms with Gasteiger partial charge in [-0.2, -0.15) is 0 Å². The lowest BCUT2D eigenvalue weighted by molar-refractivity contribution is 0.0692. The van der Waals surface area contributed by atoms with E-state index in [4.69, 9.17) is 5.11 Å². The predicted octanol–water partition coefficient (Wildman–Crippen LogP) is 3.80. The molecule has 19 heavy (non-hydrogen) atoms. The van der Waals surface area contributed by atoms with Crippen LogP contribution in [0.15, 0.2) is 52.3 Å². The van der Waals surface area contributed by atoms with Crippen molar-refractivity contribution in [2.75, 3.05) is 0 Å². The molecule has 2 rings (SSSR count). The van der Waals surface area contributed by atoms with Crippen LogP contribution in [-0.2, 0) is 6.42 Å². The quantitative estimate of drug-likeness (QED) is 0.890. The molecule has 98 valence electrons. The van der Waals surface area contributed by atoms with E-state index in [9.17, 15) is 9.90 Å². The summed E-state index contributed by atoms with van der Waals surface area (Å²) in [5.74, 6) is -1.08. The third-order valence-corrected chi connectivity index (χ3v) is 3.84. The van der Waals surface area contributed by atoms with Crippen LogP contribution in [0.2, 0.25) is 0 Å². The molecule has 0 saturated heterocycles. The fourth-order valence-corrected chi connectivity index (χ4v) is 2.61. The number of aromatic carboxylic acids is 1. The third kappa shape index (κ3) is 3.29. The number of aromatic hydroxyl groups is 1. The molecule has 0 saturated carbocycles. The van der Waals surface area contributed by atoms with Gasteiger partial charge in [0.05, 0.1) is 5.56 Å². The highest BCUT2D eigenvalue weighted by Crippen LogP contribution is 2.32. The van der Waals surface area contributed by atoms with Crippen LogP contribution >= 0.6 is 11.8 Å². The smallest absolute Gasteiger partial charge is 0.336 e. The number of benzene rings is 2. The minimum atomic E-state index is -1.04.